The molecule has 0 fully saturated rings. The molecule has 0 aliphatic carbocycles. The molecule has 1 aromatic heterocycles. The van der Waals surface area contributed by atoms with Gasteiger partial charge in [0.2, 0.25) is 0 Å². The summed E-state index contributed by atoms with van der Waals surface area (Å²) < 4.78 is 7.02. The summed E-state index contributed by atoms with van der Waals surface area (Å²) in [6, 6.07) is 8.81. The maximum absolute atomic E-state index is 5.02. The molecule has 1 unspecified atom stereocenters. The van der Waals surface area contributed by atoms with E-state index >= 15 is 0 Å². The molecule has 0 aliphatic heterocycles. The van der Waals surface area contributed by atoms with Crippen molar-refractivity contribution in [1.82, 2.24) is 14.9 Å². The van der Waals surface area contributed by atoms with Crippen LogP contribution in [0.4, 0.5) is 0 Å². The number of ether oxygens (including phenoxy) is 1. The third kappa shape index (κ3) is 3.18. The van der Waals surface area contributed by atoms with Crippen LogP contribution in [0.15, 0.2) is 43.0 Å². The van der Waals surface area contributed by atoms with Gasteiger partial charge in [0.25, 0.3) is 0 Å². The highest BCUT2D eigenvalue weighted by atomic mass is 16.5. The predicted octanol–water partition coefficient (Wildman–Crippen LogP) is 2.17. The third-order valence-corrected chi connectivity index (χ3v) is 2.95. The van der Waals surface area contributed by atoms with E-state index in [0.29, 0.717) is 6.04 Å². The van der Waals surface area contributed by atoms with E-state index in [9.17, 15) is 0 Å². The third-order valence-electron chi connectivity index (χ3n) is 2.95. The van der Waals surface area contributed by atoms with Crippen molar-refractivity contribution in [3.8, 4) is 5.69 Å². The van der Waals surface area contributed by atoms with Gasteiger partial charge in [-0.1, -0.05) is 12.1 Å². The van der Waals surface area contributed by atoms with E-state index < -0.39 is 0 Å². The van der Waals surface area contributed by atoms with Crippen LogP contribution in [0, 0.1) is 0 Å². The smallest absolute Gasteiger partial charge is 0.0991 e. The van der Waals surface area contributed by atoms with Crippen LogP contribution in [0.25, 0.3) is 5.69 Å². The molecule has 4 heteroatoms. The van der Waals surface area contributed by atoms with Gasteiger partial charge in [-0.3, -0.25) is 0 Å². The van der Waals surface area contributed by atoms with E-state index in [1.165, 1.54) is 5.56 Å². The van der Waals surface area contributed by atoms with Crippen molar-refractivity contribution in [2.75, 3.05) is 20.3 Å². The number of nitrogens with zero attached hydrogens (tertiary/aromatic N) is 2. The molecule has 18 heavy (non-hydrogen) atoms. The van der Waals surface area contributed by atoms with Gasteiger partial charge >= 0.3 is 0 Å². The maximum Gasteiger partial charge on any atom is 0.0991 e. The number of nitrogens with one attached hydrogen (secondary N) is 1. The Balaban J connectivity index is 1.99. The van der Waals surface area contributed by atoms with Crippen molar-refractivity contribution in [1.29, 1.82) is 0 Å². The van der Waals surface area contributed by atoms with Crippen molar-refractivity contribution < 1.29 is 4.74 Å². The average Bonchev–Trinajstić information content (AvgIpc) is 2.93. The van der Waals surface area contributed by atoms with Gasteiger partial charge in [-0.2, -0.15) is 0 Å². The number of benzene rings is 1. The molecule has 0 amide bonds. The molecule has 0 spiro atoms. The largest absolute Gasteiger partial charge is 0.383 e. The number of aromatic nitrogens is 2. The molecular formula is C14H19N3O. The molecule has 1 atom stereocenters. The van der Waals surface area contributed by atoms with Crippen molar-refractivity contribution in [2.45, 2.75) is 13.0 Å². The van der Waals surface area contributed by atoms with Gasteiger partial charge in [0.1, 0.15) is 0 Å². The van der Waals surface area contributed by atoms with Gasteiger partial charge < -0.3 is 14.6 Å². The minimum absolute atomic E-state index is 0.331. The SMILES string of the molecule is COCCNC(C)c1ccc(-n2ccnc2)cc1. The Labute approximate surface area is 108 Å². The van der Waals surface area contributed by atoms with Crippen LogP contribution >= 0.6 is 0 Å². The standard InChI is InChI=1S/C14H19N3O/c1-12(16-8-10-18-2)13-3-5-14(6-4-13)17-9-7-15-11-17/h3-7,9,11-12,16H,8,10H2,1-2H3. The zero-order chi connectivity index (χ0) is 12.8. The summed E-state index contributed by atoms with van der Waals surface area (Å²) in [5.74, 6) is 0. The molecule has 1 aromatic carbocycles. The minimum atomic E-state index is 0.331. The van der Waals surface area contributed by atoms with E-state index in [1.54, 1.807) is 19.6 Å². The number of rotatable bonds is 6. The summed E-state index contributed by atoms with van der Waals surface area (Å²) in [5.41, 5.74) is 2.40. The highest BCUT2D eigenvalue weighted by Crippen LogP contribution is 2.15. The summed E-state index contributed by atoms with van der Waals surface area (Å²) >= 11 is 0. The Kier molecular flexibility index (Phi) is 4.50. The van der Waals surface area contributed by atoms with Crippen LogP contribution in [-0.4, -0.2) is 29.8 Å². The Morgan fingerprint density at radius 2 is 2.11 bits per heavy atom. The topological polar surface area (TPSA) is 39.1 Å². The molecular weight excluding hydrogens is 226 g/mol. The van der Waals surface area contributed by atoms with Crippen LogP contribution in [0.2, 0.25) is 0 Å². The normalized spacial score (nSPS) is 12.6. The minimum Gasteiger partial charge on any atom is -0.383 e. The van der Waals surface area contributed by atoms with Gasteiger partial charge in [0.05, 0.1) is 12.9 Å². The Bertz CT molecular complexity index is 450. The highest BCUT2D eigenvalue weighted by Gasteiger charge is 2.04. The zero-order valence-corrected chi connectivity index (χ0v) is 10.8. The van der Waals surface area contributed by atoms with Crippen molar-refractivity contribution >= 4 is 0 Å². The van der Waals surface area contributed by atoms with Gasteiger partial charge in [-0.05, 0) is 24.6 Å². The fourth-order valence-corrected chi connectivity index (χ4v) is 1.84. The van der Waals surface area contributed by atoms with Gasteiger partial charge in [-0.15, -0.1) is 0 Å². The quantitative estimate of drug-likeness (QED) is 0.793. The summed E-state index contributed by atoms with van der Waals surface area (Å²) in [5, 5.41) is 3.41. The first-order valence-corrected chi connectivity index (χ1v) is 6.12. The molecule has 0 saturated carbocycles. The fourth-order valence-electron chi connectivity index (χ4n) is 1.84. The van der Waals surface area contributed by atoms with E-state index in [1.807, 2.05) is 10.8 Å². The predicted molar refractivity (Wildman–Crippen MR) is 71.9 cm³/mol. The monoisotopic (exact) mass is 245 g/mol. The average molecular weight is 245 g/mol. The molecule has 0 bridgehead atoms. The summed E-state index contributed by atoms with van der Waals surface area (Å²) in [7, 11) is 1.71. The first kappa shape index (κ1) is 12.8. The van der Waals surface area contributed by atoms with E-state index in [4.69, 9.17) is 4.74 Å². The second kappa shape index (κ2) is 6.33. The lowest BCUT2D eigenvalue weighted by molar-refractivity contribution is 0.196. The first-order valence-electron chi connectivity index (χ1n) is 6.12. The van der Waals surface area contributed by atoms with Gasteiger partial charge in [0.15, 0.2) is 0 Å². The van der Waals surface area contributed by atoms with Crippen molar-refractivity contribution in [3.63, 3.8) is 0 Å². The number of methoxy groups -OCH3 is 1. The lowest BCUT2D eigenvalue weighted by atomic mass is 10.1. The molecule has 96 valence electrons. The van der Waals surface area contributed by atoms with Crippen LogP contribution in [0.1, 0.15) is 18.5 Å². The van der Waals surface area contributed by atoms with Crippen LogP contribution in [-0.2, 0) is 4.74 Å². The summed E-state index contributed by atoms with van der Waals surface area (Å²) in [6.45, 7) is 3.75. The summed E-state index contributed by atoms with van der Waals surface area (Å²) in [6.07, 6.45) is 5.52. The Morgan fingerprint density at radius 3 is 2.72 bits per heavy atom. The molecule has 4 nitrogen and oxygen atoms in total. The Hall–Kier alpha value is -1.65. The molecule has 1 heterocycles. The van der Waals surface area contributed by atoms with Crippen molar-refractivity contribution in [2.24, 2.45) is 0 Å². The van der Waals surface area contributed by atoms with Crippen LogP contribution in [0.5, 0.6) is 0 Å². The van der Waals surface area contributed by atoms with E-state index in [0.717, 1.165) is 18.8 Å². The zero-order valence-electron chi connectivity index (χ0n) is 10.8. The molecule has 2 aromatic rings. The van der Waals surface area contributed by atoms with E-state index in [2.05, 4.69) is 41.5 Å². The second-order valence-electron chi connectivity index (χ2n) is 4.23. The highest BCUT2D eigenvalue weighted by molar-refractivity contribution is 5.35. The van der Waals surface area contributed by atoms with Crippen molar-refractivity contribution in [3.05, 3.63) is 48.5 Å². The lowest BCUT2D eigenvalue weighted by Gasteiger charge is -2.14. The maximum atomic E-state index is 5.02. The van der Waals surface area contributed by atoms with E-state index in [-0.39, 0.29) is 0 Å². The van der Waals surface area contributed by atoms with Gasteiger partial charge in [0, 0.05) is 37.8 Å². The Morgan fingerprint density at radius 1 is 1.33 bits per heavy atom. The van der Waals surface area contributed by atoms with Gasteiger partial charge in [-0.25, -0.2) is 4.98 Å². The van der Waals surface area contributed by atoms with Crippen LogP contribution < -0.4 is 5.32 Å². The molecule has 0 aliphatic rings. The summed E-state index contributed by atoms with van der Waals surface area (Å²) in [4.78, 5) is 4.04. The molecule has 0 radical (unpaired) electrons. The van der Waals surface area contributed by atoms with Crippen LogP contribution in [0.3, 0.4) is 0 Å². The second-order valence-corrected chi connectivity index (χ2v) is 4.23. The first-order chi connectivity index (χ1) is 8.81. The molecule has 1 N–H and O–H groups in total. The number of imidazole rings is 1. The molecule has 2 rings (SSSR count). The number of hydrogen-bond donors (Lipinski definition) is 1. The number of hydrogen-bond acceptors (Lipinski definition) is 3. The fraction of sp³-hybridized carbons (Fsp3) is 0.357. The molecule has 0 saturated heterocycles. The lowest BCUT2D eigenvalue weighted by Crippen LogP contribution is -2.22.